The van der Waals surface area contributed by atoms with E-state index in [9.17, 15) is 4.79 Å². The number of carbonyl (C=O) groups is 1. The Morgan fingerprint density at radius 1 is 1.64 bits per heavy atom. The van der Waals surface area contributed by atoms with E-state index >= 15 is 0 Å². The van der Waals surface area contributed by atoms with Crippen molar-refractivity contribution in [3.05, 3.63) is 12.2 Å². The van der Waals surface area contributed by atoms with Crippen LogP contribution in [0.2, 0.25) is 0 Å². The van der Waals surface area contributed by atoms with Crippen LogP contribution in [-0.2, 0) is 19.0 Å². The van der Waals surface area contributed by atoms with Crippen LogP contribution in [-0.4, -0.2) is 32.1 Å². The Morgan fingerprint density at radius 3 is 2.93 bits per heavy atom. The summed E-state index contributed by atoms with van der Waals surface area (Å²) in [4.78, 5) is 10.2. The molecule has 1 aliphatic rings. The molecule has 0 heterocycles. The lowest BCUT2D eigenvalue weighted by atomic mass is 10.2. The fraction of sp³-hybridized carbons (Fsp3) is 0.700. The van der Waals surface area contributed by atoms with Crippen LogP contribution in [0.1, 0.15) is 19.8 Å². The number of rotatable bonds is 5. The Labute approximate surface area is 83.8 Å². The van der Waals surface area contributed by atoms with Crippen LogP contribution in [0.15, 0.2) is 12.2 Å². The van der Waals surface area contributed by atoms with E-state index in [-0.39, 0.29) is 18.5 Å². The van der Waals surface area contributed by atoms with E-state index in [0.29, 0.717) is 12.9 Å². The van der Waals surface area contributed by atoms with Crippen molar-refractivity contribution in [2.24, 2.45) is 0 Å². The molecule has 1 fully saturated rings. The van der Waals surface area contributed by atoms with Gasteiger partial charge in [0, 0.05) is 13.5 Å². The highest BCUT2D eigenvalue weighted by atomic mass is 16.7. The maximum atomic E-state index is 10.2. The van der Waals surface area contributed by atoms with Gasteiger partial charge in [-0.25, -0.2) is 0 Å². The van der Waals surface area contributed by atoms with E-state index < -0.39 is 0 Å². The lowest BCUT2D eigenvalue weighted by Crippen LogP contribution is -2.19. The lowest BCUT2D eigenvalue weighted by molar-refractivity contribution is -0.146. The minimum atomic E-state index is -0.234. The van der Waals surface area contributed by atoms with Crippen LogP contribution in [0, 0.1) is 0 Å². The molecule has 1 aliphatic carbocycles. The molecule has 0 saturated heterocycles. The fourth-order valence-corrected chi connectivity index (χ4v) is 1.56. The third-order valence-electron chi connectivity index (χ3n) is 2.36. The monoisotopic (exact) mass is 200 g/mol. The van der Waals surface area contributed by atoms with Gasteiger partial charge in [-0.05, 0) is 18.9 Å². The zero-order chi connectivity index (χ0) is 10.6. The molecule has 4 heteroatoms. The third kappa shape index (κ3) is 2.82. The second kappa shape index (κ2) is 5.12. The zero-order valence-electron chi connectivity index (χ0n) is 8.56. The van der Waals surface area contributed by atoms with Gasteiger partial charge < -0.3 is 14.2 Å². The molecule has 0 amide bonds. The predicted octanol–water partition coefficient (Wildman–Crippen LogP) is 1.26. The SMILES string of the molecule is C=C1C[C@@H](O[C@H](C)OC)C[C@H]1OC=O. The number of hydrogen-bond donors (Lipinski definition) is 0. The minimum Gasteiger partial charge on any atom is -0.460 e. The van der Waals surface area contributed by atoms with Crippen molar-refractivity contribution < 1.29 is 19.0 Å². The standard InChI is InChI=1S/C10H16O4/c1-7-4-9(14-8(2)12-3)5-10(7)13-6-11/h6,8-10H,1,4-5H2,2-3H3/t8-,9-,10-/m1/s1. The largest absolute Gasteiger partial charge is 0.460 e. The summed E-state index contributed by atoms with van der Waals surface area (Å²) in [6.45, 7) is 6.12. The molecule has 4 nitrogen and oxygen atoms in total. The van der Waals surface area contributed by atoms with Gasteiger partial charge in [-0.1, -0.05) is 6.58 Å². The molecule has 1 rings (SSSR count). The molecule has 0 spiro atoms. The van der Waals surface area contributed by atoms with Crippen molar-refractivity contribution in [2.75, 3.05) is 7.11 Å². The minimum absolute atomic E-state index is 0.0439. The van der Waals surface area contributed by atoms with Gasteiger partial charge in [0.15, 0.2) is 6.29 Å². The molecule has 3 atom stereocenters. The van der Waals surface area contributed by atoms with Crippen LogP contribution in [0.25, 0.3) is 0 Å². The molecular weight excluding hydrogens is 184 g/mol. The summed E-state index contributed by atoms with van der Waals surface area (Å²) in [7, 11) is 1.59. The first-order valence-electron chi connectivity index (χ1n) is 4.62. The van der Waals surface area contributed by atoms with Crippen molar-refractivity contribution in [2.45, 2.75) is 38.3 Å². The van der Waals surface area contributed by atoms with Crippen LogP contribution >= 0.6 is 0 Å². The van der Waals surface area contributed by atoms with Crippen molar-refractivity contribution in [1.82, 2.24) is 0 Å². The number of ether oxygens (including phenoxy) is 3. The van der Waals surface area contributed by atoms with Crippen molar-refractivity contribution in [3.8, 4) is 0 Å². The molecule has 0 bridgehead atoms. The van der Waals surface area contributed by atoms with E-state index in [1.165, 1.54) is 0 Å². The topological polar surface area (TPSA) is 44.8 Å². The molecule has 0 aromatic rings. The first-order valence-corrected chi connectivity index (χ1v) is 4.62. The molecule has 0 aromatic heterocycles. The summed E-state index contributed by atoms with van der Waals surface area (Å²) in [6, 6.07) is 0. The van der Waals surface area contributed by atoms with Crippen molar-refractivity contribution in [1.29, 1.82) is 0 Å². The number of carbonyl (C=O) groups excluding carboxylic acids is 1. The Kier molecular flexibility index (Phi) is 4.10. The van der Waals surface area contributed by atoms with E-state index in [2.05, 4.69) is 6.58 Å². The third-order valence-corrected chi connectivity index (χ3v) is 2.36. The van der Waals surface area contributed by atoms with E-state index in [1.807, 2.05) is 6.92 Å². The Hall–Kier alpha value is -0.870. The molecular formula is C10H16O4. The highest BCUT2D eigenvalue weighted by Gasteiger charge is 2.30. The second-order valence-electron chi connectivity index (χ2n) is 3.38. The molecule has 0 aromatic carbocycles. The van der Waals surface area contributed by atoms with Gasteiger partial charge in [0.2, 0.25) is 0 Å². The van der Waals surface area contributed by atoms with Crippen LogP contribution in [0.4, 0.5) is 0 Å². The van der Waals surface area contributed by atoms with Gasteiger partial charge in [0.05, 0.1) is 6.10 Å². The fourth-order valence-electron chi connectivity index (χ4n) is 1.56. The highest BCUT2D eigenvalue weighted by Crippen LogP contribution is 2.29. The first kappa shape index (κ1) is 11.2. The molecule has 1 saturated carbocycles. The summed E-state index contributed by atoms with van der Waals surface area (Å²) >= 11 is 0. The average molecular weight is 200 g/mol. The zero-order valence-corrected chi connectivity index (χ0v) is 8.56. The molecule has 0 radical (unpaired) electrons. The molecule has 0 aliphatic heterocycles. The first-order chi connectivity index (χ1) is 6.67. The van der Waals surface area contributed by atoms with Crippen molar-refractivity contribution in [3.63, 3.8) is 0 Å². The second-order valence-corrected chi connectivity index (χ2v) is 3.38. The Morgan fingerprint density at radius 2 is 2.36 bits per heavy atom. The number of hydrogen-bond acceptors (Lipinski definition) is 4. The van der Waals surface area contributed by atoms with Gasteiger partial charge in [0.25, 0.3) is 6.47 Å². The van der Waals surface area contributed by atoms with Gasteiger partial charge in [-0.15, -0.1) is 0 Å². The number of methoxy groups -OCH3 is 1. The predicted molar refractivity (Wildman–Crippen MR) is 50.7 cm³/mol. The van der Waals surface area contributed by atoms with Crippen LogP contribution in [0.5, 0.6) is 0 Å². The molecule has 14 heavy (non-hydrogen) atoms. The summed E-state index contributed by atoms with van der Waals surface area (Å²) in [6.07, 6.45) is 1.02. The smallest absolute Gasteiger partial charge is 0.293 e. The lowest BCUT2D eigenvalue weighted by Gasteiger charge is -2.16. The van der Waals surface area contributed by atoms with Crippen molar-refractivity contribution >= 4 is 6.47 Å². The normalized spacial score (nSPS) is 28.9. The van der Waals surface area contributed by atoms with Gasteiger partial charge in [-0.2, -0.15) is 0 Å². The van der Waals surface area contributed by atoms with Gasteiger partial charge >= 0.3 is 0 Å². The highest BCUT2D eigenvalue weighted by molar-refractivity contribution is 5.39. The van der Waals surface area contributed by atoms with Crippen LogP contribution < -0.4 is 0 Å². The molecule has 0 unspecified atom stereocenters. The summed E-state index contributed by atoms with van der Waals surface area (Å²) in [5.74, 6) is 0. The summed E-state index contributed by atoms with van der Waals surface area (Å²) in [5, 5.41) is 0. The van der Waals surface area contributed by atoms with Crippen LogP contribution in [0.3, 0.4) is 0 Å². The quantitative estimate of drug-likeness (QED) is 0.380. The Bertz CT molecular complexity index is 214. The summed E-state index contributed by atoms with van der Waals surface area (Å²) < 4.78 is 15.4. The molecule has 0 N–H and O–H groups in total. The van der Waals surface area contributed by atoms with E-state index in [0.717, 1.165) is 12.0 Å². The average Bonchev–Trinajstić information content (AvgIpc) is 2.47. The summed E-state index contributed by atoms with van der Waals surface area (Å²) in [5.41, 5.74) is 0.908. The van der Waals surface area contributed by atoms with E-state index in [1.54, 1.807) is 7.11 Å². The Balaban J connectivity index is 2.38. The van der Waals surface area contributed by atoms with E-state index in [4.69, 9.17) is 14.2 Å². The maximum Gasteiger partial charge on any atom is 0.293 e. The van der Waals surface area contributed by atoms with Gasteiger partial charge in [-0.3, -0.25) is 4.79 Å². The maximum absolute atomic E-state index is 10.2. The van der Waals surface area contributed by atoms with Gasteiger partial charge in [0.1, 0.15) is 6.10 Å². The molecule has 80 valence electrons.